The minimum Gasteiger partial charge on any atom is -0.496 e. The van der Waals surface area contributed by atoms with E-state index in [1.165, 1.54) is 12.3 Å². The molecule has 6 heteroatoms. The molecule has 0 saturated carbocycles. The largest absolute Gasteiger partial charge is 0.496 e. The Morgan fingerprint density at radius 3 is 2.85 bits per heavy atom. The molecule has 1 aromatic heterocycles. The van der Waals surface area contributed by atoms with Gasteiger partial charge in [-0.05, 0) is 12.1 Å². The number of ether oxygens (including phenoxy) is 1. The highest BCUT2D eigenvalue weighted by atomic mass is 35.5. The van der Waals surface area contributed by atoms with E-state index in [0.717, 1.165) is 11.3 Å². The molecule has 0 fully saturated rings. The number of halogens is 1. The zero-order chi connectivity index (χ0) is 14.5. The van der Waals surface area contributed by atoms with Crippen molar-refractivity contribution in [3.8, 4) is 5.75 Å². The molecular weight excluding hydrogens is 280 g/mol. The number of carboxylic acids is 1. The Bertz CT molecular complexity index is 632. The zero-order valence-electron chi connectivity index (χ0n) is 10.8. The number of carboxylic acid groups (broad SMARTS) is 1. The molecule has 2 N–H and O–H groups in total. The van der Waals surface area contributed by atoms with E-state index >= 15 is 0 Å². The van der Waals surface area contributed by atoms with Crippen LogP contribution in [0.2, 0.25) is 5.02 Å². The highest BCUT2D eigenvalue weighted by Gasteiger charge is 2.09. The van der Waals surface area contributed by atoms with Gasteiger partial charge in [-0.15, -0.1) is 0 Å². The van der Waals surface area contributed by atoms with E-state index in [0.29, 0.717) is 12.4 Å². The van der Waals surface area contributed by atoms with Crippen molar-refractivity contribution >= 4 is 23.4 Å². The third-order valence-corrected chi connectivity index (χ3v) is 3.02. The Hall–Kier alpha value is -2.27. The maximum absolute atomic E-state index is 10.8. The van der Waals surface area contributed by atoms with Crippen molar-refractivity contribution in [2.45, 2.75) is 6.54 Å². The number of hydrogen-bond acceptors (Lipinski definition) is 4. The lowest BCUT2D eigenvalue weighted by Gasteiger charge is -2.11. The van der Waals surface area contributed by atoms with Crippen LogP contribution in [0.3, 0.4) is 0 Å². The molecule has 0 bridgehead atoms. The molecule has 0 amide bonds. The molecule has 5 nitrogen and oxygen atoms in total. The Labute approximate surface area is 121 Å². The Morgan fingerprint density at radius 2 is 2.20 bits per heavy atom. The molecule has 0 atom stereocenters. The van der Waals surface area contributed by atoms with Gasteiger partial charge in [0.15, 0.2) is 0 Å². The third-order valence-electron chi connectivity index (χ3n) is 2.73. The minimum atomic E-state index is -1.06. The molecule has 20 heavy (non-hydrogen) atoms. The first-order valence-corrected chi connectivity index (χ1v) is 6.24. The molecule has 1 aromatic carbocycles. The van der Waals surface area contributed by atoms with Crippen LogP contribution in [0.25, 0.3) is 0 Å². The molecule has 0 aliphatic rings. The van der Waals surface area contributed by atoms with Crippen LogP contribution in [0, 0.1) is 0 Å². The second-order valence-corrected chi connectivity index (χ2v) is 4.43. The molecule has 2 rings (SSSR count). The first kappa shape index (κ1) is 14.1. The van der Waals surface area contributed by atoms with Crippen LogP contribution in [0.5, 0.6) is 5.75 Å². The van der Waals surface area contributed by atoms with Crippen molar-refractivity contribution in [1.29, 1.82) is 0 Å². The summed E-state index contributed by atoms with van der Waals surface area (Å²) < 4.78 is 5.24. The summed E-state index contributed by atoms with van der Waals surface area (Å²) in [5, 5.41) is 12.2. The smallest absolute Gasteiger partial charge is 0.337 e. The second-order valence-electron chi connectivity index (χ2n) is 4.02. The van der Waals surface area contributed by atoms with Crippen LogP contribution in [0.4, 0.5) is 5.82 Å². The van der Waals surface area contributed by atoms with Gasteiger partial charge in [0.25, 0.3) is 0 Å². The summed E-state index contributed by atoms with van der Waals surface area (Å²) in [4.78, 5) is 14.8. The van der Waals surface area contributed by atoms with Crippen molar-refractivity contribution in [2.75, 3.05) is 12.4 Å². The number of methoxy groups -OCH3 is 1. The summed E-state index contributed by atoms with van der Waals surface area (Å²) in [5.74, 6) is 0.136. The van der Waals surface area contributed by atoms with E-state index in [-0.39, 0.29) is 10.6 Å². The van der Waals surface area contributed by atoms with E-state index in [2.05, 4.69) is 10.3 Å². The Kier molecular flexibility index (Phi) is 4.42. The fourth-order valence-electron chi connectivity index (χ4n) is 1.71. The second kappa shape index (κ2) is 6.25. The van der Waals surface area contributed by atoms with Crippen LogP contribution in [-0.4, -0.2) is 23.2 Å². The number of rotatable bonds is 5. The number of anilines is 1. The molecule has 0 aliphatic carbocycles. The quantitative estimate of drug-likeness (QED) is 0.886. The monoisotopic (exact) mass is 292 g/mol. The molecule has 2 aromatic rings. The van der Waals surface area contributed by atoms with Gasteiger partial charge >= 0.3 is 5.97 Å². The summed E-state index contributed by atoms with van der Waals surface area (Å²) >= 11 is 5.99. The minimum absolute atomic E-state index is 0.0536. The molecule has 0 unspecified atom stereocenters. The Balaban J connectivity index is 2.13. The SMILES string of the molecule is COc1ccccc1CNc1ncc(C(=O)O)cc1Cl. The maximum atomic E-state index is 10.8. The van der Waals surface area contributed by atoms with Crippen molar-refractivity contribution in [3.63, 3.8) is 0 Å². The number of hydrogen-bond donors (Lipinski definition) is 2. The van der Waals surface area contributed by atoms with Crippen LogP contribution < -0.4 is 10.1 Å². The van der Waals surface area contributed by atoms with Gasteiger partial charge in [0.2, 0.25) is 0 Å². The lowest BCUT2D eigenvalue weighted by Crippen LogP contribution is -2.05. The van der Waals surface area contributed by atoms with E-state index < -0.39 is 5.97 Å². The summed E-state index contributed by atoms with van der Waals surface area (Å²) in [6.45, 7) is 0.475. The average molecular weight is 293 g/mol. The number of para-hydroxylation sites is 1. The van der Waals surface area contributed by atoms with Gasteiger partial charge in [-0.3, -0.25) is 0 Å². The van der Waals surface area contributed by atoms with Crippen molar-refractivity contribution in [1.82, 2.24) is 4.98 Å². The highest BCUT2D eigenvalue weighted by molar-refractivity contribution is 6.33. The molecule has 0 radical (unpaired) electrons. The normalized spacial score (nSPS) is 10.1. The summed E-state index contributed by atoms with van der Waals surface area (Å²) in [5.41, 5.74) is 1.01. The fourth-order valence-corrected chi connectivity index (χ4v) is 1.95. The average Bonchev–Trinajstić information content (AvgIpc) is 2.46. The number of benzene rings is 1. The van der Waals surface area contributed by atoms with Crippen LogP contribution in [-0.2, 0) is 6.54 Å². The lowest BCUT2D eigenvalue weighted by molar-refractivity contribution is 0.0696. The molecule has 0 spiro atoms. The standard InChI is InChI=1S/C14H13ClN2O3/c1-20-12-5-3-2-4-9(12)7-16-13-11(15)6-10(8-17-13)14(18)19/h2-6,8H,7H2,1H3,(H,16,17)(H,18,19). The van der Waals surface area contributed by atoms with Crippen LogP contribution >= 0.6 is 11.6 Å². The van der Waals surface area contributed by atoms with Gasteiger partial charge in [0, 0.05) is 18.3 Å². The number of nitrogens with zero attached hydrogens (tertiary/aromatic N) is 1. The summed E-state index contributed by atoms with van der Waals surface area (Å²) in [7, 11) is 1.60. The lowest BCUT2D eigenvalue weighted by atomic mass is 10.2. The zero-order valence-corrected chi connectivity index (χ0v) is 11.5. The van der Waals surface area contributed by atoms with Crippen molar-refractivity contribution in [2.24, 2.45) is 0 Å². The van der Waals surface area contributed by atoms with Crippen LogP contribution in [0.15, 0.2) is 36.5 Å². The van der Waals surface area contributed by atoms with Gasteiger partial charge in [-0.25, -0.2) is 9.78 Å². The first-order valence-electron chi connectivity index (χ1n) is 5.86. The number of aromatic carboxylic acids is 1. The van der Waals surface area contributed by atoms with E-state index in [1.807, 2.05) is 24.3 Å². The predicted molar refractivity (Wildman–Crippen MR) is 76.5 cm³/mol. The van der Waals surface area contributed by atoms with E-state index in [4.69, 9.17) is 21.4 Å². The van der Waals surface area contributed by atoms with Gasteiger partial charge < -0.3 is 15.2 Å². The molecule has 104 valence electrons. The molecule has 1 heterocycles. The van der Waals surface area contributed by atoms with Crippen molar-refractivity contribution < 1.29 is 14.6 Å². The number of carbonyl (C=O) groups is 1. The van der Waals surface area contributed by atoms with Gasteiger partial charge in [0.1, 0.15) is 11.6 Å². The van der Waals surface area contributed by atoms with Gasteiger partial charge in [-0.2, -0.15) is 0 Å². The van der Waals surface area contributed by atoms with E-state index in [1.54, 1.807) is 7.11 Å². The van der Waals surface area contributed by atoms with Gasteiger partial charge in [0.05, 0.1) is 17.7 Å². The number of aromatic nitrogens is 1. The molecular formula is C14H13ClN2O3. The predicted octanol–water partition coefficient (Wildman–Crippen LogP) is 3.05. The molecule has 0 aliphatic heterocycles. The fraction of sp³-hybridized carbons (Fsp3) is 0.143. The summed E-state index contributed by atoms with van der Waals surface area (Å²) in [6, 6.07) is 8.93. The van der Waals surface area contributed by atoms with E-state index in [9.17, 15) is 4.79 Å². The topological polar surface area (TPSA) is 71.5 Å². The Morgan fingerprint density at radius 1 is 1.45 bits per heavy atom. The van der Waals surface area contributed by atoms with Crippen LogP contribution in [0.1, 0.15) is 15.9 Å². The van der Waals surface area contributed by atoms with Gasteiger partial charge in [-0.1, -0.05) is 29.8 Å². The van der Waals surface area contributed by atoms with Crippen molar-refractivity contribution in [3.05, 3.63) is 52.7 Å². The number of nitrogens with one attached hydrogen (secondary N) is 1. The third kappa shape index (κ3) is 3.19. The first-order chi connectivity index (χ1) is 9.61. The summed E-state index contributed by atoms with van der Waals surface area (Å²) in [6.07, 6.45) is 1.26. The maximum Gasteiger partial charge on any atom is 0.337 e. The highest BCUT2D eigenvalue weighted by Crippen LogP contribution is 2.23. The number of pyridine rings is 1. The molecule has 0 saturated heterocycles.